The van der Waals surface area contributed by atoms with Gasteiger partial charge in [-0.25, -0.2) is 0 Å². The molecule has 0 unspecified atom stereocenters. The number of halogens is 3. The second kappa shape index (κ2) is 4.29. The molecule has 0 heterocycles. The molecule has 0 aliphatic carbocycles. The highest BCUT2D eigenvalue weighted by Gasteiger charge is 1.98. The van der Waals surface area contributed by atoms with Crippen LogP contribution < -0.4 is 0 Å². The lowest BCUT2D eigenvalue weighted by atomic mass is 10.2. The Bertz CT molecular complexity index is 281. The largest absolute Gasteiger partial charge is 0.0831 e. The van der Waals surface area contributed by atoms with Gasteiger partial charge >= 0.3 is 0 Å². The van der Waals surface area contributed by atoms with Gasteiger partial charge in [0.05, 0.1) is 5.02 Å². The van der Waals surface area contributed by atoms with Crippen LogP contribution in [0.4, 0.5) is 0 Å². The summed E-state index contributed by atoms with van der Waals surface area (Å²) < 4.78 is 0.928. The first-order chi connectivity index (χ1) is 5.25. The Balaban J connectivity index is 3.16. The molecule has 0 aliphatic heterocycles. The van der Waals surface area contributed by atoms with Gasteiger partial charge in [0.15, 0.2) is 0 Å². The van der Waals surface area contributed by atoms with Gasteiger partial charge in [0.1, 0.15) is 0 Å². The van der Waals surface area contributed by atoms with Crippen molar-refractivity contribution < 1.29 is 0 Å². The van der Waals surface area contributed by atoms with E-state index in [-0.39, 0.29) is 0 Å². The molecule has 0 aliphatic rings. The average molecular weight is 296 g/mol. The van der Waals surface area contributed by atoms with Gasteiger partial charge in [0, 0.05) is 4.47 Å². The van der Waals surface area contributed by atoms with Gasteiger partial charge < -0.3 is 0 Å². The third-order valence-corrected chi connectivity index (χ3v) is 2.92. The maximum Gasteiger partial charge on any atom is 0.0554 e. The molecule has 11 heavy (non-hydrogen) atoms. The topological polar surface area (TPSA) is 0 Å². The van der Waals surface area contributed by atoms with E-state index in [2.05, 4.69) is 31.9 Å². The van der Waals surface area contributed by atoms with Crippen LogP contribution >= 0.6 is 43.5 Å². The van der Waals surface area contributed by atoms with Gasteiger partial charge in [-0.3, -0.25) is 0 Å². The highest BCUT2D eigenvalue weighted by Crippen LogP contribution is 2.26. The van der Waals surface area contributed by atoms with Gasteiger partial charge in [-0.2, -0.15) is 0 Å². The lowest BCUT2D eigenvalue weighted by Crippen LogP contribution is -1.74. The van der Waals surface area contributed by atoms with E-state index in [1.807, 2.05) is 24.3 Å². The summed E-state index contributed by atoms with van der Waals surface area (Å²) in [6, 6.07) is 5.74. The Morgan fingerprint density at radius 1 is 1.36 bits per heavy atom. The zero-order chi connectivity index (χ0) is 8.27. The molecule has 0 atom stereocenters. The molecule has 0 nitrogen and oxygen atoms in total. The highest BCUT2D eigenvalue weighted by molar-refractivity contribution is 9.11. The molecule has 0 amide bonds. The first-order valence-electron chi connectivity index (χ1n) is 2.96. The van der Waals surface area contributed by atoms with Crippen LogP contribution in [-0.2, 0) is 0 Å². The zero-order valence-electron chi connectivity index (χ0n) is 5.52. The van der Waals surface area contributed by atoms with Crippen LogP contribution in [0.2, 0.25) is 5.02 Å². The quantitative estimate of drug-likeness (QED) is 0.717. The van der Waals surface area contributed by atoms with Crippen LogP contribution in [0.1, 0.15) is 5.56 Å². The Hall–Kier alpha value is 0.210. The second-order valence-electron chi connectivity index (χ2n) is 1.94. The molecule has 0 N–H and O–H groups in total. The highest BCUT2D eigenvalue weighted by atomic mass is 79.9. The molecule has 0 aromatic heterocycles. The summed E-state index contributed by atoms with van der Waals surface area (Å²) in [4.78, 5) is 1.80. The van der Waals surface area contributed by atoms with E-state index in [9.17, 15) is 0 Å². The summed E-state index contributed by atoms with van der Waals surface area (Å²) in [5.74, 6) is 0. The number of hydrogen-bond acceptors (Lipinski definition) is 0. The third kappa shape index (κ3) is 2.32. The van der Waals surface area contributed by atoms with E-state index in [4.69, 9.17) is 11.6 Å². The summed E-state index contributed by atoms with van der Waals surface area (Å²) in [6.07, 6.45) is 1.93. The van der Waals surface area contributed by atoms with Crippen LogP contribution in [0.25, 0.3) is 6.08 Å². The summed E-state index contributed by atoms with van der Waals surface area (Å²) >= 11 is 12.4. The van der Waals surface area contributed by atoms with E-state index >= 15 is 0 Å². The maximum absolute atomic E-state index is 5.85. The van der Waals surface area contributed by atoms with Crippen molar-refractivity contribution in [2.24, 2.45) is 0 Å². The minimum atomic E-state index is 0.730. The van der Waals surface area contributed by atoms with Crippen molar-refractivity contribution >= 4 is 49.5 Å². The lowest BCUT2D eigenvalue weighted by molar-refractivity contribution is 1.60. The third-order valence-electron chi connectivity index (χ3n) is 1.22. The van der Waals surface area contributed by atoms with E-state index in [0.717, 1.165) is 15.1 Å². The van der Waals surface area contributed by atoms with Crippen LogP contribution in [0.5, 0.6) is 0 Å². The van der Waals surface area contributed by atoms with Gasteiger partial charge in [0.2, 0.25) is 0 Å². The Labute approximate surface area is 87.5 Å². The predicted molar refractivity (Wildman–Crippen MR) is 57.1 cm³/mol. The smallest absolute Gasteiger partial charge is 0.0554 e. The van der Waals surface area contributed by atoms with Crippen molar-refractivity contribution in [2.75, 3.05) is 0 Å². The number of hydrogen-bond donors (Lipinski definition) is 0. The molecule has 1 rings (SSSR count). The van der Waals surface area contributed by atoms with E-state index < -0.39 is 0 Å². The fourth-order valence-electron chi connectivity index (χ4n) is 0.717. The van der Waals surface area contributed by atoms with Crippen molar-refractivity contribution in [3.63, 3.8) is 0 Å². The Morgan fingerprint density at radius 2 is 2.09 bits per heavy atom. The molecule has 1 aromatic carbocycles. The zero-order valence-corrected chi connectivity index (χ0v) is 9.45. The number of rotatable bonds is 1. The number of benzene rings is 1. The van der Waals surface area contributed by atoms with Gasteiger partial charge in [-0.1, -0.05) is 39.7 Å². The molecule has 0 saturated heterocycles. The standard InChI is InChI=1S/C8H5Br2Cl/c9-5-4-6-2-1-3-7(11)8(6)10/h1-5H/b5-4-. The van der Waals surface area contributed by atoms with Crippen LogP contribution in [-0.4, -0.2) is 0 Å². The molecular formula is C8H5Br2Cl. The molecule has 0 saturated carbocycles. The maximum atomic E-state index is 5.85. The predicted octanol–water partition coefficient (Wildman–Crippen LogP) is 4.47. The first kappa shape index (κ1) is 9.30. The van der Waals surface area contributed by atoms with Crippen molar-refractivity contribution in [1.29, 1.82) is 0 Å². The summed E-state index contributed by atoms with van der Waals surface area (Å²) in [7, 11) is 0. The summed E-state index contributed by atoms with van der Waals surface area (Å²) in [6.45, 7) is 0. The monoisotopic (exact) mass is 294 g/mol. The van der Waals surface area contributed by atoms with E-state index in [0.29, 0.717) is 0 Å². The molecule has 0 bridgehead atoms. The Kier molecular flexibility index (Phi) is 3.63. The van der Waals surface area contributed by atoms with Crippen LogP contribution in [0.15, 0.2) is 27.7 Å². The Morgan fingerprint density at radius 3 is 2.73 bits per heavy atom. The molecular weight excluding hydrogens is 291 g/mol. The lowest BCUT2D eigenvalue weighted by Gasteiger charge is -1.98. The van der Waals surface area contributed by atoms with Crippen LogP contribution in [0, 0.1) is 0 Å². The molecule has 1 aromatic rings. The van der Waals surface area contributed by atoms with Crippen molar-refractivity contribution in [3.8, 4) is 0 Å². The van der Waals surface area contributed by atoms with Crippen molar-refractivity contribution in [1.82, 2.24) is 0 Å². The average Bonchev–Trinajstić information content (AvgIpc) is 1.99. The molecule has 0 fully saturated rings. The SMILES string of the molecule is Clc1cccc(/C=C\Br)c1Br. The first-order valence-corrected chi connectivity index (χ1v) is 5.05. The molecule has 3 heteroatoms. The molecule has 58 valence electrons. The van der Waals surface area contributed by atoms with Gasteiger partial charge in [-0.15, -0.1) is 0 Å². The van der Waals surface area contributed by atoms with E-state index in [1.165, 1.54) is 0 Å². The fourth-order valence-corrected chi connectivity index (χ4v) is 1.58. The minimum absolute atomic E-state index is 0.730. The van der Waals surface area contributed by atoms with Gasteiger partial charge in [-0.05, 0) is 38.6 Å². The van der Waals surface area contributed by atoms with Crippen LogP contribution in [0.3, 0.4) is 0 Å². The van der Waals surface area contributed by atoms with Gasteiger partial charge in [0.25, 0.3) is 0 Å². The molecule has 0 spiro atoms. The molecule has 0 radical (unpaired) electrons. The normalized spacial score (nSPS) is 10.8. The van der Waals surface area contributed by atoms with Crippen molar-refractivity contribution in [3.05, 3.63) is 38.2 Å². The summed E-state index contributed by atoms with van der Waals surface area (Å²) in [5.41, 5.74) is 1.06. The fraction of sp³-hybridized carbons (Fsp3) is 0. The second-order valence-corrected chi connectivity index (χ2v) is 3.66. The minimum Gasteiger partial charge on any atom is -0.0831 e. The summed E-state index contributed by atoms with van der Waals surface area (Å²) in [5, 5.41) is 0.730. The van der Waals surface area contributed by atoms with E-state index in [1.54, 1.807) is 4.99 Å². The van der Waals surface area contributed by atoms with Crippen molar-refractivity contribution in [2.45, 2.75) is 0 Å².